The maximum atomic E-state index is 13.0. The zero-order valence-corrected chi connectivity index (χ0v) is 10.1. The third kappa shape index (κ3) is 2.25. The smallest absolute Gasteiger partial charge is 0.338 e. The van der Waals surface area contributed by atoms with Gasteiger partial charge in [-0.05, 0) is 50.0 Å². The summed E-state index contributed by atoms with van der Waals surface area (Å²) >= 11 is 0. The van der Waals surface area contributed by atoms with Crippen molar-refractivity contribution in [3.8, 4) is 0 Å². The number of carbonyl (C=O) groups excluding carboxylic acids is 1. The van der Waals surface area contributed by atoms with E-state index >= 15 is 0 Å². The molecule has 4 rings (SSSR count). The summed E-state index contributed by atoms with van der Waals surface area (Å²) in [6.07, 6.45) is 2.17. The van der Waals surface area contributed by atoms with Crippen LogP contribution >= 0.6 is 0 Å². The molecule has 1 unspecified atom stereocenters. The van der Waals surface area contributed by atoms with E-state index in [2.05, 4.69) is 4.90 Å². The molecule has 4 heteroatoms. The van der Waals surface area contributed by atoms with E-state index in [-0.39, 0.29) is 6.10 Å². The minimum absolute atomic E-state index is 0.0248. The van der Waals surface area contributed by atoms with Crippen LogP contribution < -0.4 is 0 Å². The fourth-order valence-electron chi connectivity index (χ4n) is 2.87. The Morgan fingerprint density at radius 2 is 2.11 bits per heavy atom. The van der Waals surface area contributed by atoms with E-state index in [1.165, 1.54) is 18.2 Å². The summed E-state index contributed by atoms with van der Waals surface area (Å²) in [4.78, 5) is 14.3. The number of esters is 1. The van der Waals surface area contributed by atoms with Gasteiger partial charge in [0.1, 0.15) is 11.9 Å². The predicted molar refractivity (Wildman–Crippen MR) is 64.8 cm³/mol. The topological polar surface area (TPSA) is 29.5 Å². The molecule has 0 N–H and O–H groups in total. The van der Waals surface area contributed by atoms with Crippen molar-refractivity contribution in [3.05, 3.63) is 35.6 Å². The van der Waals surface area contributed by atoms with Crippen LogP contribution in [0.25, 0.3) is 0 Å². The maximum absolute atomic E-state index is 13.0. The molecule has 0 aliphatic carbocycles. The van der Waals surface area contributed by atoms with Crippen molar-refractivity contribution in [2.45, 2.75) is 18.9 Å². The summed E-state index contributed by atoms with van der Waals surface area (Å²) in [6.45, 7) is 3.04. The van der Waals surface area contributed by atoms with Crippen LogP contribution in [0.15, 0.2) is 24.3 Å². The molecule has 1 aromatic carbocycles. The molecule has 3 nitrogen and oxygen atoms in total. The number of ether oxygens (including phenoxy) is 1. The third-order valence-corrected chi connectivity index (χ3v) is 3.91. The molecule has 3 heterocycles. The van der Waals surface area contributed by atoms with Crippen LogP contribution in [0.4, 0.5) is 4.39 Å². The predicted octanol–water partition coefficient (Wildman–Crippen LogP) is 2.08. The fourth-order valence-corrected chi connectivity index (χ4v) is 2.87. The SMILES string of the molecule is O=C(OC1CN2CCC1CC2)c1cccc(F)c1. The van der Waals surface area contributed by atoms with E-state index in [1.54, 1.807) is 6.07 Å². The molecule has 18 heavy (non-hydrogen) atoms. The molecule has 0 amide bonds. The van der Waals surface area contributed by atoms with Gasteiger partial charge in [-0.1, -0.05) is 6.07 Å². The molecular formula is C14H16FNO2. The van der Waals surface area contributed by atoms with Gasteiger partial charge in [-0.3, -0.25) is 4.90 Å². The van der Waals surface area contributed by atoms with Crippen LogP contribution in [0.3, 0.4) is 0 Å². The summed E-state index contributed by atoms with van der Waals surface area (Å²) in [5.41, 5.74) is 0.298. The van der Waals surface area contributed by atoms with Gasteiger partial charge < -0.3 is 4.74 Å². The summed E-state index contributed by atoms with van der Waals surface area (Å²) in [5.74, 6) is -0.334. The lowest BCUT2D eigenvalue weighted by Gasteiger charge is -2.43. The average Bonchev–Trinajstić information content (AvgIpc) is 2.40. The van der Waals surface area contributed by atoms with Crippen molar-refractivity contribution in [2.75, 3.05) is 19.6 Å². The number of nitrogens with zero attached hydrogens (tertiary/aromatic N) is 1. The zero-order valence-electron chi connectivity index (χ0n) is 10.1. The van der Waals surface area contributed by atoms with Gasteiger partial charge in [-0.15, -0.1) is 0 Å². The zero-order chi connectivity index (χ0) is 12.5. The highest BCUT2D eigenvalue weighted by Gasteiger charge is 2.36. The largest absolute Gasteiger partial charge is 0.457 e. The Hall–Kier alpha value is -1.42. The molecule has 3 fully saturated rings. The average molecular weight is 249 g/mol. The van der Waals surface area contributed by atoms with E-state index in [1.807, 2.05) is 0 Å². The minimum Gasteiger partial charge on any atom is -0.457 e. The Labute approximate surface area is 106 Å². The number of carbonyl (C=O) groups is 1. The number of rotatable bonds is 2. The van der Waals surface area contributed by atoms with Crippen molar-refractivity contribution < 1.29 is 13.9 Å². The lowest BCUT2D eigenvalue weighted by molar-refractivity contribution is -0.0456. The second-order valence-corrected chi connectivity index (χ2v) is 5.09. The summed E-state index contributed by atoms with van der Waals surface area (Å²) < 4.78 is 18.6. The van der Waals surface area contributed by atoms with Crippen LogP contribution in [-0.2, 0) is 4.74 Å². The first-order valence-corrected chi connectivity index (χ1v) is 6.41. The fraction of sp³-hybridized carbons (Fsp3) is 0.500. The molecule has 1 atom stereocenters. The van der Waals surface area contributed by atoms with Crippen molar-refractivity contribution in [1.29, 1.82) is 0 Å². The van der Waals surface area contributed by atoms with E-state index < -0.39 is 11.8 Å². The lowest BCUT2D eigenvalue weighted by atomic mass is 9.86. The third-order valence-electron chi connectivity index (χ3n) is 3.91. The number of halogens is 1. The molecule has 3 saturated heterocycles. The van der Waals surface area contributed by atoms with Crippen molar-refractivity contribution >= 4 is 5.97 Å². The standard InChI is InChI=1S/C14H16FNO2/c15-12-3-1-2-11(8-12)14(17)18-13-9-16-6-4-10(13)5-7-16/h1-3,8,10,13H,4-7,9H2. The quantitative estimate of drug-likeness (QED) is 0.751. The van der Waals surface area contributed by atoms with Gasteiger partial charge in [-0.2, -0.15) is 0 Å². The van der Waals surface area contributed by atoms with Crippen molar-refractivity contribution in [2.24, 2.45) is 5.92 Å². The van der Waals surface area contributed by atoms with Crippen LogP contribution in [0.5, 0.6) is 0 Å². The maximum Gasteiger partial charge on any atom is 0.338 e. The van der Waals surface area contributed by atoms with Gasteiger partial charge in [0.05, 0.1) is 5.56 Å². The van der Waals surface area contributed by atoms with Gasteiger partial charge in [-0.25, -0.2) is 9.18 Å². The molecule has 0 aromatic heterocycles. The van der Waals surface area contributed by atoms with Crippen molar-refractivity contribution in [3.63, 3.8) is 0 Å². The van der Waals surface area contributed by atoms with Crippen LogP contribution in [0.2, 0.25) is 0 Å². The van der Waals surface area contributed by atoms with E-state index in [0.717, 1.165) is 32.5 Å². The first-order valence-electron chi connectivity index (χ1n) is 6.41. The Morgan fingerprint density at radius 1 is 1.33 bits per heavy atom. The summed E-state index contributed by atoms with van der Waals surface area (Å²) in [6, 6.07) is 5.67. The number of hydrogen-bond donors (Lipinski definition) is 0. The molecule has 1 aromatic rings. The van der Waals surface area contributed by atoms with E-state index in [9.17, 15) is 9.18 Å². The van der Waals surface area contributed by atoms with Crippen molar-refractivity contribution in [1.82, 2.24) is 4.90 Å². The molecule has 0 radical (unpaired) electrons. The van der Waals surface area contributed by atoms with Crippen LogP contribution in [0.1, 0.15) is 23.2 Å². The first-order chi connectivity index (χ1) is 8.72. The highest BCUT2D eigenvalue weighted by Crippen LogP contribution is 2.30. The lowest BCUT2D eigenvalue weighted by Crippen LogP contribution is -2.51. The summed E-state index contributed by atoms with van der Waals surface area (Å²) in [5, 5.41) is 0. The normalized spacial score (nSPS) is 30.2. The van der Waals surface area contributed by atoms with Gasteiger partial charge in [0.25, 0.3) is 0 Å². The Morgan fingerprint density at radius 3 is 2.72 bits per heavy atom. The minimum atomic E-state index is -0.409. The Bertz CT molecular complexity index is 455. The van der Waals surface area contributed by atoms with Crippen LogP contribution in [-0.4, -0.2) is 36.6 Å². The second-order valence-electron chi connectivity index (χ2n) is 5.09. The Kier molecular flexibility index (Phi) is 3.04. The monoisotopic (exact) mass is 249 g/mol. The van der Waals surface area contributed by atoms with E-state index in [0.29, 0.717) is 11.5 Å². The number of piperidine rings is 3. The van der Waals surface area contributed by atoms with Crippen LogP contribution in [0, 0.1) is 11.7 Å². The second kappa shape index (κ2) is 4.69. The molecule has 3 aliphatic rings. The molecule has 96 valence electrons. The number of fused-ring (bicyclic) bond motifs is 3. The van der Waals surface area contributed by atoms with Gasteiger partial charge in [0.15, 0.2) is 0 Å². The van der Waals surface area contributed by atoms with Gasteiger partial charge in [0.2, 0.25) is 0 Å². The van der Waals surface area contributed by atoms with Gasteiger partial charge in [0, 0.05) is 6.54 Å². The highest BCUT2D eigenvalue weighted by molar-refractivity contribution is 5.89. The highest BCUT2D eigenvalue weighted by atomic mass is 19.1. The first kappa shape index (κ1) is 11.7. The molecule has 0 spiro atoms. The molecular weight excluding hydrogens is 233 g/mol. The van der Waals surface area contributed by atoms with E-state index in [4.69, 9.17) is 4.74 Å². The summed E-state index contributed by atoms with van der Waals surface area (Å²) in [7, 11) is 0. The molecule has 0 saturated carbocycles. The number of hydrogen-bond acceptors (Lipinski definition) is 3. The molecule has 2 bridgehead atoms. The van der Waals surface area contributed by atoms with Gasteiger partial charge >= 0.3 is 5.97 Å². The number of benzene rings is 1. The molecule has 3 aliphatic heterocycles. The Balaban J connectivity index is 1.68.